The second kappa shape index (κ2) is 12.7. The molecule has 5 rings (SSSR count). The van der Waals surface area contributed by atoms with Crippen molar-refractivity contribution in [2.24, 2.45) is 0 Å². The van der Waals surface area contributed by atoms with Gasteiger partial charge in [-0.2, -0.15) is 0 Å². The second-order valence-electron chi connectivity index (χ2n) is 11.5. The number of fused-ring (bicyclic) bond motifs is 1. The molecule has 43 heavy (non-hydrogen) atoms. The fourth-order valence-electron chi connectivity index (χ4n) is 6.48. The van der Waals surface area contributed by atoms with Gasteiger partial charge in [0.25, 0.3) is 0 Å². The molecule has 0 saturated heterocycles. The van der Waals surface area contributed by atoms with Crippen molar-refractivity contribution in [3.05, 3.63) is 93.8 Å². The van der Waals surface area contributed by atoms with Crippen LogP contribution in [0.25, 0.3) is 10.9 Å². The number of aliphatic hydroxyl groups is 1. The maximum Gasteiger partial charge on any atom is 0.336 e. The number of hydrogen-bond acceptors (Lipinski definition) is 6. The summed E-state index contributed by atoms with van der Waals surface area (Å²) in [5.41, 5.74) is 2.96. The number of rotatable bonds is 9. The molecule has 9 nitrogen and oxygen atoms in total. The number of nitrogens with one attached hydrogen (secondary N) is 1. The van der Waals surface area contributed by atoms with Crippen LogP contribution in [0.5, 0.6) is 0 Å². The molecule has 0 spiro atoms. The van der Waals surface area contributed by atoms with E-state index in [1.807, 2.05) is 11.3 Å². The molecule has 0 amide bonds. The summed E-state index contributed by atoms with van der Waals surface area (Å²) in [5.74, 6) is -5.02. The fraction of sp³-hybridized carbons (Fsp3) is 0.364. The maximum absolute atomic E-state index is 10.3. The van der Waals surface area contributed by atoms with Gasteiger partial charge in [0, 0.05) is 32.4 Å². The van der Waals surface area contributed by atoms with E-state index in [-0.39, 0.29) is 11.0 Å². The lowest BCUT2D eigenvalue weighted by molar-refractivity contribution is -0.170. The molecule has 0 aliphatic heterocycles. The normalized spacial score (nSPS) is 20.4. The van der Waals surface area contributed by atoms with Crippen LogP contribution in [-0.2, 0) is 25.3 Å². The summed E-state index contributed by atoms with van der Waals surface area (Å²) in [6.07, 6.45) is 2.30. The number of carbonyl (C=O) groups is 3. The number of benzene rings is 2. The Balaban J connectivity index is 0.000000277. The Labute approximate surface area is 254 Å². The third-order valence-electron chi connectivity index (χ3n) is 8.82. The van der Waals surface area contributed by atoms with E-state index >= 15 is 0 Å². The first-order valence-corrected chi connectivity index (χ1v) is 15.0. The number of aryl methyl sites for hydroxylation is 1. The molecule has 10 heteroatoms. The van der Waals surface area contributed by atoms with Crippen LogP contribution in [0.15, 0.2) is 72.1 Å². The zero-order valence-electron chi connectivity index (χ0n) is 24.5. The van der Waals surface area contributed by atoms with Crippen molar-refractivity contribution in [2.75, 3.05) is 14.1 Å². The highest BCUT2D eigenvalue weighted by molar-refractivity contribution is 7.10. The van der Waals surface area contributed by atoms with Crippen LogP contribution in [0.2, 0.25) is 0 Å². The van der Waals surface area contributed by atoms with Crippen molar-refractivity contribution in [1.29, 1.82) is 0 Å². The Bertz CT molecular complexity index is 1550. The molecule has 0 unspecified atom stereocenters. The van der Waals surface area contributed by atoms with Crippen LogP contribution in [-0.4, -0.2) is 67.9 Å². The van der Waals surface area contributed by atoms with E-state index in [1.54, 1.807) is 0 Å². The molecule has 1 aliphatic rings. The number of hydrogen-bond donors (Lipinski definition) is 5. The quantitative estimate of drug-likeness (QED) is 0.165. The molecule has 2 aromatic heterocycles. The molecule has 1 aliphatic carbocycles. The van der Waals surface area contributed by atoms with Crippen LogP contribution in [0, 0.1) is 6.92 Å². The predicted molar refractivity (Wildman–Crippen MR) is 166 cm³/mol. The van der Waals surface area contributed by atoms with Crippen LogP contribution in [0.3, 0.4) is 0 Å². The maximum atomic E-state index is 10.3. The van der Waals surface area contributed by atoms with Crippen molar-refractivity contribution < 1.29 is 34.8 Å². The molecule has 228 valence electrons. The molecule has 0 bridgehead atoms. The summed E-state index contributed by atoms with van der Waals surface area (Å²) in [6, 6.07) is 24.4. The Kier molecular flexibility index (Phi) is 9.44. The van der Waals surface area contributed by atoms with Gasteiger partial charge in [-0.05, 0) is 75.3 Å². The highest BCUT2D eigenvalue weighted by atomic mass is 32.1. The molecular formula is C33H38N2O7S. The zero-order chi connectivity index (χ0) is 31.4. The second-order valence-corrected chi connectivity index (χ2v) is 12.4. The first-order chi connectivity index (χ1) is 20.3. The molecule has 1 fully saturated rings. The number of thiophene rings is 1. The zero-order valence-corrected chi connectivity index (χ0v) is 25.4. The average molecular weight is 607 g/mol. The minimum atomic E-state index is -2.74. The smallest absolute Gasteiger partial charge is 0.336 e. The highest BCUT2D eigenvalue weighted by Gasteiger charge is 2.48. The minimum Gasteiger partial charge on any atom is -0.481 e. The van der Waals surface area contributed by atoms with Gasteiger partial charge in [-0.3, -0.25) is 14.5 Å². The lowest BCUT2D eigenvalue weighted by Crippen LogP contribution is -2.48. The van der Waals surface area contributed by atoms with Gasteiger partial charge in [0.2, 0.25) is 0 Å². The number of carboxylic acid groups (broad SMARTS) is 3. The fourth-order valence-corrected chi connectivity index (χ4v) is 7.47. The Morgan fingerprint density at radius 3 is 1.93 bits per heavy atom. The molecule has 5 N–H and O–H groups in total. The Morgan fingerprint density at radius 1 is 0.860 bits per heavy atom. The van der Waals surface area contributed by atoms with Gasteiger partial charge >= 0.3 is 17.9 Å². The summed E-state index contributed by atoms with van der Waals surface area (Å²) >= 11 is 1.91. The van der Waals surface area contributed by atoms with E-state index in [4.69, 9.17) is 20.4 Å². The van der Waals surface area contributed by atoms with Crippen LogP contribution >= 0.6 is 11.3 Å². The van der Waals surface area contributed by atoms with E-state index in [0.717, 1.165) is 25.7 Å². The van der Waals surface area contributed by atoms with E-state index < -0.39 is 36.4 Å². The summed E-state index contributed by atoms with van der Waals surface area (Å²) in [6.45, 7) is 2.30. The molecule has 2 heterocycles. The highest BCUT2D eigenvalue weighted by Crippen LogP contribution is 2.54. The SMILES string of the molecule is Cc1c(C2(c3cccs3)CCC(c3ccccc3)(N(C)C)CC2)[nH]c2ccccc12.O=C(O)CC(O)(CC(=O)O)C(=O)O. The van der Waals surface area contributed by atoms with Gasteiger partial charge < -0.3 is 25.4 Å². The topological polar surface area (TPSA) is 151 Å². The van der Waals surface area contributed by atoms with Gasteiger partial charge in [0.15, 0.2) is 5.60 Å². The molecule has 4 aromatic rings. The number of nitrogens with zero attached hydrogens (tertiary/aromatic N) is 1. The van der Waals surface area contributed by atoms with E-state index in [1.165, 1.54) is 32.6 Å². The number of H-pyrrole nitrogens is 1. The lowest BCUT2D eigenvalue weighted by atomic mass is 9.62. The Hall–Kier alpha value is -3.99. The number of aromatic amines is 1. The molecule has 0 radical (unpaired) electrons. The monoisotopic (exact) mass is 606 g/mol. The first-order valence-electron chi connectivity index (χ1n) is 14.1. The standard InChI is InChI=1S/C27H30N2S.C6H8O7/c1-20-22-12-7-8-13-23(22)28-25(20)26(24-14-9-19-30-24)15-17-27(18-16-26,29(2)3)21-10-5-4-6-11-21;7-3(8)1-6(13,5(11)12)2-4(9)10/h4-14,19,28H,15-18H2,1-3H3;13H,1-2H2,(H,7,8)(H,9,10)(H,11,12). The van der Waals surface area contributed by atoms with E-state index in [2.05, 4.69) is 103 Å². The number of aromatic nitrogens is 1. The number of aliphatic carboxylic acids is 3. The van der Waals surface area contributed by atoms with Crippen LogP contribution in [0.4, 0.5) is 0 Å². The number of carboxylic acids is 3. The first kappa shape index (κ1) is 31.9. The van der Waals surface area contributed by atoms with Crippen molar-refractivity contribution in [1.82, 2.24) is 9.88 Å². The van der Waals surface area contributed by atoms with E-state index in [9.17, 15) is 14.4 Å². The Morgan fingerprint density at radius 2 is 1.44 bits per heavy atom. The number of para-hydroxylation sites is 1. The van der Waals surface area contributed by atoms with Gasteiger partial charge in [-0.15, -0.1) is 11.3 Å². The largest absolute Gasteiger partial charge is 0.481 e. The summed E-state index contributed by atoms with van der Waals surface area (Å²) < 4.78 is 0. The van der Waals surface area contributed by atoms with Gasteiger partial charge in [0.05, 0.1) is 12.8 Å². The predicted octanol–water partition coefficient (Wildman–Crippen LogP) is 5.61. The summed E-state index contributed by atoms with van der Waals surface area (Å²) in [7, 11) is 4.50. The van der Waals surface area contributed by atoms with Crippen LogP contribution in [0.1, 0.15) is 60.2 Å². The average Bonchev–Trinajstić information content (AvgIpc) is 3.62. The summed E-state index contributed by atoms with van der Waals surface area (Å²) in [5, 5.41) is 37.4. The molecule has 2 aromatic carbocycles. The summed E-state index contributed by atoms with van der Waals surface area (Å²) in [4.78, 5) is 38.3. The lowest BCUT2D eigenvalue weighted by Gasteiger charge is -2.50. The third-order valence-corrected chi connectivity index (χ3v) is 9.89. The van der Waals surface area contributed by atoms with Crippen molar-refractivity contribution >= 4 is 40.1 Å². The van der Waals surface area contributed by atoms with Gasteiger partial charge in [-0.1, -0.05) is 54.6 Å². The molecular weight excluding hydrogens is 568 g/mol. The molecule has 1 saturated carbocycles. The van der Waals surface area contributed by atoms with Crippen LogP contribution < -0.4 is 0 Å². The molecule has 0 atom stereocenters. The van der Waals surface area contributed by atoms with Gasteiger partial charge in [0.1, 0.15) is 0 Å². The van der Waals surface area contributed by atoms with Crippen molar-refractivity contribution in [3.63, 3.8) is 0 Å². The van der Waals surface area contributed by atoms with Crippen molar-refractivity contribution in [2.45, 2.75) is 62.0 Å². The van der Waals surface area contributed by atoms with E-state index in [0.29, 0.717) is 0 Å². The van der Waals surface area contributed by atoms with Crippen molar-refractivity contribution in [3.8, 4) is 0 Å². The minimum absolute atomic E-state index is 0.0611. The third kappa shape index (κ3) is 6.36. The van der Waals surface area contributed by atoms with Gasteiger partial charge in [-0.25, -0.2) is 4.79 Å².